The molecular formula is C11H8N4O2S. The molecule has 1 N–H and O–H groups in total. The largest absolute Gasteiger partial charge is 0.265 e. The minimum atomic E-state index is -3.85. The van der Waals surface area contributed by atoms with Crippen LogP contribution in [0.4, 0.5) is 5.82 Å². The van der Waals surface area contributed by atoms with E-state index in [0.29, 0.717) is 0 Å². The second-order valence-corrected chi connectivity index (χ2v) is 4.93. The molecule has 0 aliphatic carbocycles. The van der Waals surface area contributed by atoms with Crippen LogP contribution in [0.5, 0.6) is 0 Å². The Balaban J connectivity index is 2.41. The van der Waals surface area contributed by atoms with E-state index in [2.05, 4.69) is 14.7 Å². The Morgan fingerprint density at radius 1 is 1.11 bits per heavy atom. The molecule has 0 saturated heterocycles. The van der Waals surface area contributed by atoms with Gasteiger partial charge in [0.25, 0.3) is 10.0 Å². The monoisotopic (exact) mass is 260 g/mol. The standard InChI is InChI=1S/C11H8N4O2S/c12-8-9-10(4-3-7-13-9)18(16,17)15-11-5-1-2-6-14-11/h1-7H,(H,14,15). The third-order valence-electron chi connectivity index (χ3n) is 2.07. The molecule has 2 heterocycles. The summed E-state index contributed by atoms with van der Waals surface area (Å²) < 4.78 is 26.4. The van der Waals surface area contributed by atoms with Crippen LogP contribution in [-0.4, -0.2) is 18.4 Å². The van der Waals surface area contributed by atoms with Crippen molar-refractivity contribution in [2.24, 2.45) is 0 Å². The summed E-state index contributed by atoms with van der Waals surface area (Å²) in [5.41, 5.74) is -0.152. The average molecular weight is 260 g/mol. The van der Waals surface area contributed by atoms with Crippen LogP contribution in [-0.2, 0) is 10.0 Å². The highest BCUT2D eigenvalue weighted by Gasteiger charge is 2.19. The number of nitriles is 1. The van der Waals surface area contributed by atoms with Crippen LogP contribution < -0.4 is 4.72 Å². The zero-order valence-corrected chi connectivity index (χ0v) is 9.92. The number of hydrogen-bond donors (Lipinski definition) is 1. The summed E-state index contributed by atoms with van der Waals surface area (Å²) in [6, 6.07) is 9.34. The minimum absolute atomic E-state index is 0.152. The number of anilines is 1. The van der Waals surface area contributed by atoms with Gasteiger partial charge in [0, 0.05) is 12.4 Å². The highest BCUT2D eigenvalue weighted by molar-refractivity contribution is 7.92. The third-order valence-corrected chi connectivity index (χ3v) is 3.46. The second kappa shape index (κ2) is 4.81. The van der Waals surface area contributed by atoms with Crippen LogP contribution in [0, 0.1) is 11.3 Å². The van der Waals surface area contributed by atoms with E-state index < -0.39 is 10.0 Å². The molecule has 90 valence electrons. The lowest BCUT2D eigenvalue weighted by Crippen LogP contribution is -2.15. The van der Waals surface area contributed by atoms with Gasteiger partial charge in [0.05, 0.1) is 0 Å². The minimum Gasteiger partial charge on any atom is -0.263 e. The lowest BCUT2D eigenvalue weighted by molar-refractivity contribution is 0.600. The van der Waals surface area contributed by atoms with E-state index in [1.54, 1.807) is 18.2 Å². The predicted octanol–water partition coefficient (Wildman–Crippen LogP) is 1.15. The van der Waals surface area contributed by atoms with E-state index in [1.165, 1.54) is 30.6 Å². The number of rotatable bonds is 3. The van der Waals surface area contributed by atoms with Crippen LogP contribution in [0.2, 0.25) is 0 Å². The number of sulfonamides is 1. The molecule has 0 radical (unpaired) electrons. The zero-order chi connectivity index (χ0) is 13.0. The summed E-state index contributed by atoms with van der Waals surface area (Å²) in [6.45, 7) is 0. The number of hydrogen-bond acceptors (Lipinski definition) is 5. The molecule has 0 unspecified atom stereocenters. The van der Waals surface area contributed by atoms with Gasteiger partial charge in [-0.1, -0.05) is 6.07 Å². The normalized spacial score (nSPS) is 10.6. The van der Waals surface area contributed by atoms with Gasteiger partial charge in [0.2, 0.25) is 0 Å². The third kappa shape index (κ3) is 2.44. The number of nitrogens with one attached hydrogen (secondary N) is 1. The molecule has 2 rings (SSSR count). The Morgan fingerprint density at radius 3 is 2.56 bits per heavy atom. The Kier molecular flexibility index (Phi) is 3.21. The molecule has 0 aliphatic heterocycles. The maximum atomic E-state index is 12.0. The van der Waals surface area contributed by atoms with Gasteiger partial charge >= 0.3 is 0 Å². The lowest BCUT2D eigenvalue weighted by Gasteiger charge is -2.07. The highest BCUT2D eigenvalue weighted by Crippen LogP contribution is 2.15. The fourth-order valence-electron chi connectivity index (χ4n) is 1.31. The van der Waals surface area contributed by atoms with Gasteiger partial charge in [-0.05, 0) is 24.3 Å². The van der Waals surface area contributed by atoms with E-state index in [9.17, 15) is 8.42 Å². The van der Waals surface area contributed by atoms with Crippen LogP contribution in [0.3, 0.4) is 0 Å². The van der Waals surface area contributed by atoms with Crippen molar-refractivity contribution >= 4 is 15.8 Å². The highest BCUT2D eigenvalue weighted by atomic mass is 32.2. The van der Waals surface area contributed by atoms with Gasteiger partial charge in [0.15, 0.2) is 5.69 Å². The van der Waals surface area contributed by atoms with Crippen molar-refractivity contribution in [3.8, 4) is 6.07 Å². The summed E-state index contributed by atoms with van der Waals surface area (Å²) in [5.74, 6) is 0.185. The first kappa shape index (κ1) is 12.0. The first-order chi connectivity index (χ1) is 8.63. The van der Waals surface area contributed by atoms with Crippen LogP contribution >= 0.6 is 0 Å². The molecule has 7 heteroatoms. The van der Waals surface area contributed by atoms with Gasteiger partial charge in [0.1, 0.15) is 16.8 Å². The molecule has 0 saturated carbocycles. The molecular weight excluding hydrogens is 252 g/mol. The van der Waals surface area contributed by atoms with E-state index >= 15 is 0 Å². The number of aromatic nitrogens is 2. The molecule has 0 fully saturated rings. The Hall–Kier alpha value is -2.46. The van der Waals surface area contributed by atoms with Crippen molar-refractivity contribution in [3.05, 3.63) is 48.4 Å². The van der Waals surface area contributed by atoms with Crippen molar-refractivity contribution in [1.29, 1.82) is 5.26 Å². The average Bonchev–Trinajstić information content (AvgIpc) is 2.39. The quantitative estimate of drug-likeness (QED) is 0.893. The molecule has 2 aromatic heterocycles. The number of nitrogens with zero attached hydrogens (tertiary/aromatic N) is 3. The van der Waals surface area contributed by atoms with Crippen LogP contribution in [0.1, 0.15) is 5.69 Å². The zero-order valence-electron chi connectivity index (χ0n) is 9.11. The summed E-state index contributed by atoms with van der Waals surface area (Å²) in [6.07, 6.45) is 2.82. The predicted molar refractivity (Wildman–Crippen MR) is 64.0 cm³/mol. The summed E-state index contributed by atoms with van der Waals surface area (Å²) in [5, 5.41) is 8.83. The van der Waals surface area contributed by atoms with E-state index in [1.807, 2.05) is 0 Å². The fraction of sp³-hybridized carbons (Fsp3) is 0. The second-order valence-electron chi connectivity index (χ2n) is 3.28. The number of pyridine rings is 2. The van der Waals surface area contributed by atoms with Crippen LogP contribution in [0.15, 0.2) is 47.6 Å². The molecule has 0 bridgehead atoms. The molecule has 6 nitrogen and oxygen atoms in total. The van der Waals surface area contributed by atoms with Crippen molar-refractivity contribution in [2.75, 3.05) is 4.72 Å². The maximum absolute atomic E-state index is 12.0. The molecule has 0 aromatic carbocycles. The molecule has 18 heavy (non-hydrogen) atoms. The van der Waals surface area contributed by atoms with E-state index in [4.69, 9.17) is 5.26 Å². The summed E-state index contributed by atoms with van der Waals surface area (Å²) >= 11 is 0. The summed E-state index contributed by atoms with van der Waals surface area (Å²) in [4.78, 5) is 7.39. The van der Waals surface area contributed by atoms with Crippen molar-refractivity contribution in [1.82, 2.24) is 9.97 Å². The first-order valence-corrected chi connectivity index (χ1v) is 6.41. The maximum Gasteiger partial charge on any atom is 0.265 e. The smallest absolute Gasteiger partial charge is 0.263 e. The van der Waals surface area contributed by atoms with E-state index in [0.717, 1.165) is 0 Å². The Bertz CT molecular complexity index is 692. The molecule has 2 aromatic rings. The SMILES string of the molecule is N#Cc1ncccc1S(=O)(=O)Nc1ccccn1. The molecule has 0 amide bonds. The first-order valence-electron chi connectivity index (χ1n) is 4.92. The van der Waals surface area contributed by atoms with Gasteiger partial charge in [-0.3, -0.25) is 4.72 Å². The van der Waals surface area contributed by atoms with Crippen molar-refractivity contribution in [2.45, 2.75) is 4.90 Å². The molecule has 0 aliphatic rings. The Morgan fingerprint density at radius 2 is 1.89 bits per heavy atom. The van der Waals surface area contributed by atoms with E-state index in [-0.39, 0.29) is 16.4 Å². The molecule has 0 atom stereocenters. The van der Waals surface area contributed by atoms with Crippen LogP contribution in [0.25, 0.3) is 0 Å². The van der Waals surface area contributed by atoms with Gasteiger partial charge in [-0.25, -0.2) is 18.4 Å². The van der Waals surface area contributed by atoms with Crippen molar-refractivity contribution in [3.63, 3.8) is 0 Å². The molecule has 0 spiro atoms. The van der Waals surface area contributed by atoms with Gasteiger partial charge in [-0.2, -0.15) is 5.26 Å². The fourth-order valence-corrected chi connectivity index (χ4v) is 2.42. The Labute approximate surface area is 104 Å². The van der Waals surface area contributed by atoms with Crippen molar-refractivity contribution < 1.29 is 8.42 Å². The lowest BCUT2D eigenvalue weighted by atomic mass is 10.4. The van der Waals surface area contributed by atoms with Gasteiger partial charge < -0.3 is 0 Å². The van der Waals surface area contributed by atoms with Gasteiger partial charge in [-0.15, -0.1) is 0 Å². The topological polar surface area (TPSA) is 95.7 Å². The summed E-state index contributed by atoms with van der Waals surface area (Å²) in [7, 11) is -3.85.